The molecule has 1 aromatic rings. The minimum atomic E-state index is -4.42. The summed E-state index contributed by atoms with van der Waals surface area (Å²) in [4.78, 5) is 2.18. The molecule has 1 saturated carbocycles. The first-order valence-corrected chi connectivity index (χ1v) is 7.44. The third kappa shape index (κ3) is 3.21. The molecule has 0 bridgehead atoms. The van der Waals surface area contributed by atoms with Crippen LogP contribution in [-0.2, 0) is 19.3 Å². The molecule has 1 atom stereocenters. The van der Waals surface area contributed by atoms with Gasteiger partial charge in [-0.05, 0) is 25.3 Å². The minimum absolute atomic E-state index is 0.306. The highest BCUT2D eigenvalue weighted by Crippen LogP contribution is 2.34. The fourth-order valence-corrected chi connectivity index (χ4v) is 2.99. The lowest BCUT2D eigenvalue weighted by molar-refractivity contribution is -0.148. The van der Waals surface area contributed by atoms with Crippen LogP contribution in [0.5, 0.6) is 0 Å². The minimum Gasteiger partial charge on any atom is -0.313 e. The Morgan fingerprint density at radius 3 is 2.67 bits per heavy atom. The summed E-state index contributed by atoms with van der Waals surface area (Å²) < 4.78 is 39.6. The Morgan fingerprint density at radius 1 is 1.29 bits per heavy atom. The Hall–Kier alpha value is -1.15. The van der Waals surface area contributed by atoms with Crippen molar-refractivity contribution in [3.05, 3.63) is 11.6 Å². The number of halogens is 3. The van der Waals surface area contributed by atoms with Crippen LogP contribution in [0.2, 0.25) is 0 Å². The first kappa shape index (κ1) is 14.8. The van der Waals surface area contributed by atoms with Crippen molar-refractivity contribution in [2.24, 2.45) is 5.92 Å². The second-order valence-electron chi connectivity index (χ2n) is 5.83. The van der Waals surface area contributed by atoms with Gasteiger partial charge in [-0.1, -0.05) is 6.92 Å². The standard InChI is InChI=1S/C13H20F3N5/c1-2-17-10(9-3-4-9)7-20-5-6-21-11(8-20)18-19-12(21)13(14,15)16/h9-10,17H,2-8H2,1H3. The van der Waals surface area contributed by atoms with Gasteiger partial charge in [-0.2, -0.15) is 13.2 Å². The highest BCUT2D eigenvalue weighted by molar-refractivity contribution is 5.02. The Kier molecular flexibility index (Phi) is 3.92. The van der Waals surface area contributed by atoms with Crippen LogP contribution in [0.1, 0.15) is 31.4 Å². The van der Waals surface area contributed by atoms with Crippen molar-refractivity contribution in [2.45, 2.75) is 45.1 Å². The Balaban J connectivity index is 1.66. The zero-order valence-corrected chi connectivity index (χ0v) is 12.0. The van der Waals surface area contributed by atoms with Crippen molar-refractivity contribution < 1.29 is 13.2 Å². The number of likely N-dealkylation sites (N-methyl/N-ethyl adjacent to an activating group) is 1. The summed E-state index contributed by atoms with van der Waals surface area (Å²) in [7, 11) is 0. The van der Waals surface area contributed by atoms with Crippen molar-refractivity contribution in [1.82, 2.24) is 25.0 Å². The molecule has 0 saturated heterocycles. The van der Waals surface area contributed by atoms with Gasteiger partial charge in [0, 0.05) is 25.7 Å². The summed E-state index contributed by atoms with van der Waals surface area (Å²) in [6, 6.07) is 0.437. The van der Waals surface area contributed by atoms with Crippen LogP contribution in [0.15, 0.2) is 0 Å². The molecule has 0 aromatic carbocycles. The van der Waals surface area contributed by atoms with Gasteiger partial charge in [-0.25, -0.2) is 0 Å². The molecule has 8 heteroatoms. The van der Waals surface area contributed by atoms with E-state index in [9.17, 15) is 13.2 Å². The topological polar surface area (TPSA) is 46.0 Å². The zero-order valence-electron chi connectivity index (χ0n) is 12.0. The number of rotatable bonds is 5. The lowest BCUT2D eigenvalue weighted by Crippen LogP contribution is -2.45. The van der Waals surface area contributed by atoms with Gasteiger partial charge < -0.3 is 9.88 Å². The number of hydrogen-bond acceptors (Lipinski definition) is 4. The maximum absolute atomic E-state index is 12.8. The molecular formula is C13H20F3N5. The van der Waals surface area contributed by atoms with Crippen molar-refractivity contribution in [1.29, 1.82) is 0 Å². The second kappa shape index (κ2) is 5.57. The molecule has 0 amide bonds. The first-order chi connectivity index (χ1) is 9.99. The molecule has 3 rings (SSSR count). The van der Waals surface area contributed by atoms with Gasteiger partial charge in [-0.15, -0.1) is 10.2 Å². The third-order valence-electron chi connectivity index (χ3n) is 4.20. The fraction of sp³-hybridized carbons (Fsp3) is 0.846. The van der Waals surface area contributed by atoms with E-state index in [1.54, 1.807) is 0 Å². The largest absolute Gasteiger partial charge is 0.451 e. The van der Waals surface area contributed by atoms with E-state index in [0.717, 1.165) is 19.0 Å². The second-order valence-corrected chi connectivity index (χ2v) is 5.83. The normalized spacial score (nSPS) is 21.3. The molecule has 5 nitrogen and oxygen atoms in total. The summed E-state index contributed by atoms with van der Waals surface area (Å²) in [5.41, 5.74) is 0. The maximum atomic E-state index is 12.8. The zero-order chi connectivity index (χ0) is 15.0. The van der Waals surface area contributed by atoms with Crippen molar-refractivity contribution in [2.75, 3.05) is 19.6 Å². The summed E-state index contributed by atoms with van der Waals surface area (Å²) in [6.45, 7) is 5.23. The van der Waals surface area contributed by atoms with Gasteiger partial charge in [0.15, 0.2) is 0 Å². The van der Waals surface area contributed by atoms with Crippen LogP contribution in [-0.4, -0.2) is 45.3 Å². The Bertz CT molecular complexity index is 494. The van der Waals surface area contributed by atoms with Gasteiger partial charge in [0.1, 0.15) is 5.82 Å². The number of hydrogen-bond donors (Lipinski definition) is 1. The third-order valence-corrected chi connectivity index (χ3v) is 4.20. The van der Waals surface area contributed by atoms with Gasteiger partial charge in [0.25, 0.3) is 0 Å². The van der Waals surface area contributed by atoms with Crippen LogP contribution in [0, 0.1) is 5.92 Å². The average molecular weight is 303 g/mol. The summed E-state index contributed by atoms with van der Waals surface area (Å²) in [5.74, 6) is 0.262. The van der Waals surface area contributed by atoms with Crippen LogP contribution in [0.25, 0.3) is 0 Å². The smallest absolute Gasteiger partial charge is 0.313 e. The number of nitrogens with zero attached hydrogens (tertiary/aromatic N) is 4. The number of alkyl halides is 3. The highest BCUT2D eigenvalue weighted by Gasteiger charge is 2.40. The molecule has 2 heterocycles. The number of fused-ring (bicyclic) bond motifs is 1. The monoisotopic (exact) mass is 303 g/mol. The number of nitrogens with one attached hydrogen (secondary N) is 1. The quantitative estimate of drug-likeness (QED) is 0.895. The van der Waals surface area contributed by atoms with Gasteiger partial charge in [0.2, 0.25) is 5.82 Å². The average Bonchev–Trinajstić information content (AvgIpc) is 3.16. The molecule has 1 aliphatic heterocycles. The lowest BCUT2D eigenvalue weighted by Gasteiger charge is -2.31. The molecule has 1 fully saturated rings. The first-order valence-electron chi connectivity index (χ1n) is 7.44. The van der Waals surface area contributed by atoms with E-state index in [2.05, 4.69) is 27.3 Å². The molecule has 1 N–H and O–H groups in total. The van der Waals surface area contributed by atoms with Crippen LogP contribution >= 0.6 is 0 Å². The Labute approximate surface area is 121 Å². The molecule has 1 aromatic heterocycles. The summed E-state index contributed by atoms with van der Waals surface area (Å²) in [6.07, 6.45) is -1.92. The van der Waals surface area contributed by atoms with Gasteiger partial charge in [0.05, 0.1) is 6.54 Å². The van der Waals surface area contributed by atoms with Gasteiger partial charge in [-0.3, -0.25) is 4.90 Å². The van der Waals surface area contributed by atoms with Crippen LogP contribution in [0.4, 0.5) is 13.2 Å². The van der Waals surface area contributed by atoms with Crippen molar-refractivity contribution in [3.63, 3.8) is 0 Å². The van der Waals surface area contributed by atoms with Crippen LogP contribution < -0.4 is 5.32 Å². The highest BCUT2D eigenvalue weighted by atomic mass is 19.4. The molecular weight excluding hydrogens is 283 g/mol. The van der Waals surface area contributed by atoms with Gasteiger partial charge >= 0.3 is 6.18 Å². The fourth-order valence-electron chi connectivity index (χ4n) is 2.99. The van der Waals surface area contributed by atoms with Crippen LogP contribution in [0.3, 0.4) is 0 Å². The SMILES string of the molecule is CCNC(CN1CCn2c(nnc2C(F)(F)F)C1)C1CC1. The predicted octanol–water partition coefficient (Wildman–Crippen LogP) is 1.50. The summed E-state index contributed by atoms with van der Waals surface area (Å²) >= 11 is 0. The molecule has 1 aliphatic carbocycles. The summed E-state index contributed by atoms with van der Waals surface area (Å²) in [5, 5.41) is 10.5. The van der Waals surface area contributed by atoms with E-state index in [0.29, 0.717) is 31.5 Å². The molecule has 0 radical (unpaired) electrons. The molecule has 1 unspecified atom stereocenters. The van der Waals surface area contributed by atoms with Crippen molar-refractivity contribution in [3.8, 4) is 0 Å². The predicted molar refractivity (Wildman–Crippen MR) is 70.5 cm³/mol. The number of aromatic nitrogens is 3. The van der Waals surface area contributed by atoms with E-state index >= 15 is 0 Å². The lowest BCUT2D eigenvalue weighted by atomic mass is 10.1. The van der Waals surface area contributed by atoms with E-state index in [4.69, 9.17) is 0 Å². The maximum Gasteiger partial charge on any atom is 0.451 e. The molecule has 21 heavy (non-hydrogen) atoms. The van der Waals surface area contributed by atoms with E-state index in [-0.39, 0.29) is 0 Å². The van der Waals surface area contributed by atoms with E-state index in [1.807, 2.05) is 0 Å². The molecule has 118 valence electrons. The Morgan fingerprint density at radius 2 is 2.05 bits per heavy atom. The molecule has 2 aliphatic rings. The van der Waals surface area contributed by atoms with E-state index in [1.165, 1.54) is 17.4 Å². The molecule has 0 spiro atoms. The van der Waals surface area contributed by atoms with Crippen molar-refractivity contribution >= 4 is 0 Å². The van der Waals surface area contributed by atoms with E-state index < -0.39 is 12.0 Å².